The molecule has 0 radical (unpaired) electrons. The number of hydrogen-bond acceptors (Lipinski definition) is 5. The second-order valence-electron chi connectivity index (χ2n) is 6.70. The third kappa shape index (κ3) is 4.76. The molecule has 1 amide bonds. The number of fused-ring (bicyclic) bond motifs is 1. The van der Waals surface area contributed by atoms with Gasteiger partial charge in [0.2, 0.25) is 11.7 Å². The predicted molar refractivity (Wildman–Crippen MR) is 105 cm³/mol. The number of carbonyl (C=O) groups excluding carboxylic acids is 3. The first-order chi connectivity index (χ1) is 13.5. The highest BCUT2D eigenvalue weighted by molar-refractivity contribution is 6.00. The van der Waals surface area contributed by atoms with E-state index in [0.717, 1.165) is 23.2 Å². The van der Waals surface area contributed by atoms with Crippen LogP contribution < -0.4 is 10.1 Å². The fraction of sp³-hybridized carbons (Fsp3) is 0.318. The first kappa shape index (κ1) is 19.6. The molecular formula is C22H23NO5. The van der Waals surface area contributed by atoms with Gasteiger partial charge in [-0.15, -0.1) is 0 Å². The van der Waals surface area contributed by atoms with Crippen molar-refractivity contribution in [2.75, 3.05) is 11.9 Å². The van der Waals surface area contributed by atoms with Gasteiger partial charge in [0.15, 0.2) is 12.7 Å². The predicted octanol–water partition coefficient (Wildman–Crippen LogP) is 3.33. The van der Waals surface area contributed by atoms with Crippen molar-refractivity contribution in [2.24, 2.45) is 0 Å². The molecule has 0 bridgehead atoms. The van der Waals surface area contributed by atoms with Crippen molar-refractivity contribution in [1.29, 1.82) is 0 Å². The molecule has 1 N–H and O–H groups in total. The number of amides is 1. The zero-order valence-corrected chi connectivity index (χ0v) is 16.0. The average Bonchev–Trinajstić information content (AvgIpc) is 2.71. The van der Waals surface area contributed by atoms with Crippen LogP contribution in [0.15, 0.2) is 42.5 Å². The molecule has 0 spiro atoms. The van der Waals surface area contributed by atoms with Crippen LogP contribution in [0, 0.1) is 0 Å². The molecule has 0 aliphatic carbocycles. The number of aryl methyl sites for hydroxylation is 2. The van der Waals surface area contributed by atoms with Crippen LogP contribution in [0.3, 0.4) is 0 Å². The van der Waals surface area contributed by atoms with Crippen LogP contribution >= 0.6 is 0 Å². The maximum atomic E-state index is 12.4. The number of nitrogens with one attached hydrogen (secondary N) is 1. The van der Waals surface area contributed by atoms with Gasteiger partial charge >= 0.3 is 5.97 Å². The van der Waals surface area contributed by atoms with Gasteiger partial charge in [0, 0.05) is 17.7 Å². The molecular weight excluding hydrogens is 358 g/mol. The molecule has 3 rings (SSSR count). The van der Waals surface area contributed by atoms with Crippen molar-refractivity contribution in [3.8, 4) is 5.75 Å². The average molecular weight is 381 g/mol. The van der Waals surface area contributed by atoms with Gasteiger partial charge in [-0.05, 0) is 49.1 Å². The van der Waals surface area contributed by atoms with E-state index in [0.29, 0.717) is 24.2 Å². The zero-order valence-electron chi connectivity index (χ0n) is 16.0. The molecule has 0 aromatic heterocycles. The third-order valence-electron chi connectivity index (χ3n) is 4.65. The van der Waals surface area contributed by atoms with Crippen LogP contribution in [0.2, 0.25) is 0 Å². The van der Waals surface area contributed by atoms with Crippen molar-refractivity contribution < 1.29 is 23.9 Å². The van der Waals surface area contributed by atoms with Crippen molar-refractivity contribution in [3.05, 3.63) is 59.2 Å². The van der Waals surface area contributed by atoms with Crippen molar-refractivity contribution in [1.82, 2.24) is 0 Å². The minimum absolute atomic E-state index is 0.00673. The summed E-state index contributed by atoms with van der Waals surface area (Å²) >= 11 is 0. The molecule has 0 saturated heterocycles. The summed E-state index contributed by atoms with van der Waals surface area (Å²) in [5, 5.41) is 2.79. The maximum absolute atomic E-state index is 12.4. The van der Waals surface area contributed by atoms with E-state index < -0.39 is 12.1 Å². The lowest BCUT2D eigenvalue weighted by Crippen LogP contribution is -2.27. The largest absolute Gasteiger partial charge is 0.482 e. The number of ketones is 1. The first-order valence-electron chi connectivity index (χ1n) is 9.34. The maximum Gasteiger partial charge on any atom is 0.344 e. The Morgan fingerprint density at radius 2 is 1.86 bits per heavy atom. The molecule has 6 heteroatoms. The summed E-state index contributed by atoms with van der Waals surface area (Å²) < 4.78 is 10.7. The molecule has 2 aromatic carbocycles. The minimum atomic E-state index is -0.887. The number of hydrogen-bond donors (Lipinski definition) is 1. The normalized spacial score (nSPS) is 13.9. The number of benzene rings is 2. The first-order valence-corrected chi connectivity index (χ1v) is 9.34. The van der Waals surface area contributed by atoms with E-state index >= 15 is 0 Å². The van der Waals surface area contributed by atoms with Gasteiger partial charge < -0.3 is 14.8 Å². The molecule has 1 heterocycles. The highest BCUT2D eigenvalue weighted by atomic mass is 16.6. The topological polar surface area (TPSA) is 81.7 Å². The standard InChI is InChI=1S/C22H23NO5/c1-3-15-4-6-16(7-5-15)22(26)14(2)28-21(25)13-27-18-9-10-19-17(12-18)8-11-20(24)23-19/h4-7,9-10,12,14H,3,8,11,13H2,1-2H3,(H,23,24). The molecule has 146 valence electrons. The summed E-state index contributed by atoms with van der Waals surface area (Å²) in [7, 11) is 0. The summed E-state index contributed by atoms with van der Waals surface area (Å²) in [6.45, 7) is 3.30. The lowest BCUT2D eigenvalue weighted by atomic mass is 10.0. The van der Waals surface area contributed by atoms with Gasteiger partial charge in [0.25, 0.3) is 0 Å². The molecule has 1 aliphatic rings. The third-order valence-corrected chi connectivity index (χ3v) is 4.65. The van der Waals surface area contributed by atoms with E-state index in [1.807, 2.05) is 19.1 Å². The van der Waals surface area contributed by atoms with Gasteiger partial charge in [-0.2, -0.15) is 0 Å². The highest BCUT2D eigenvalue weighted by Crippen LogP contribution is 2.26. The molecule has 2 aromatic rings. The number of carbonyl (C=O) groups is 3. The summed E-state index contributed by atoms with van der Waals surface area (Å²) in [6.07, 6.45) is 1.07. The van der Waals surface area contributed by atoms with Crippen molar-refractivity contribution in [2.45, 2.75) is 39.2 Å². The number of esters is 1. The molecule has 0 fully saturated rings. The molecule has 1 atom stereocenters. The Morgan fingerprint density at radius 1 is 1.11 bits per heavy atom. The fourth-order valence-electron chi connectivity index (χ4n) is 3.02. The quantitative estimate of drug-likeness (QED) is 0.588. The van der Waals surface area contributed by atoms with Crippen LogP contribution in [0.4, 0.5) is 5.69 Å². The Bertz CT molecular complexity index is 888. The SMILES string of the molecule is CCc1ccc(C(=O)C(C)OC(=O)COc2ccc3c(c2)CCC(=O)N3)cc1. The van der Waals surface area contributed by atoms with Crippen LogP contribution in [0.25, 0.3) is 0 Å². The minimum Gasteiger partial charge on any atom is -0.482 e. The van der Waals surface area contributed by atoms with Crippen LogP contribution in [-0.4, -0.2) is 30.4 Å². The van der Waals surface area contributed by atoms with Crippen LogP contribution in [0.5, 0.6) is 5.75 Å². The van der Waals surface area contributed by atoms with E-state index in [4.69, 9.17) is 9.47 Å². The zero-order chi connectivity index (χ0) is 20.1. The number of ether oxygens (including phenoxy) is 2. The van der Waals surface area contributed by atoms with E-state index in [2.05, 4.69) is 5.32 Å². The fourth-order valence-corrected chi connectivity index (χ4v) is 3.02. The monoisotopic (exact) mass is 381 g/mol. The number of rotatable bonds is 7. The molecule has 1 aliphatic heterocycles. The number of Topliss-reactive ketones (excluding diaryl/α,β-unsaturated/α-hetero) is 1. The van der Waals surface area contributed by atoms with E-state index in [1.165, 1.54) is 0 Å². The second kappa shape index (κ2) is 8.69. The molecule has 0 saturated carbocycles. The van der Waals surface area contributed by atoms with Gasteiger partial charge in [-0.3, -0.25) is 9.59 Å². The Kier molecular flexibility index (Phi) is 6.09. The summed E-state index contributed by atoms with van der Waals surface area (Å²) in [5.74, 6) is -0.355. The molecule has 6 nitrogen and oxygen atoms in total. The van der Waals surface area contributed by atoms with Crippen LogP contribution in [0.1, 0.15) is 41.8 Å². The highest BCUT2D eigenvalue weighted by Gasteiger charge is 2.20. The van der Waals surface area contributed by atoms with Crippen molar-refractivity contribution in [3.63, 3.8) is 0 Å². The van der Waals surface area contributed by atoms with Gasteiger partial charge in [-0.25, -0.2) is 4.79 Å². The van der Waals surface area contributed by atoms with Crippen molar-refractivity contribution >= 4 is 23.3 Å². The summed E-state index contributed by atoms with van der Waals surface area (Å²) in [5.41, 5.74) is 3.37. The van der Waals surface area contributed by atoms with Gasteiger partial charge in [0.05, 0.1) is 0 Å². The van der Waals surface area contributed by atoms with Gasteiger partial charge in [0.1, 0.15) is 5.75 Å². The Hall–Kier alpha value is -3.15. The Morgan fingerprint density at radius 3 is 2.57 bits per heavy atom. The van der Waals surface area contributed by atoms with E-state index in [-0.39, 0.29) is 18.3 Å². The van der Waals surface area contributed by atoms with Gasteiger partial charge in [-0.1, -0.05) is 31.2 Å². The van der Waals surface area contributed by atoms with Crippen LogP contribution in [-0.2, 0) is 27.2 Å². The van der Waals surface area contributed by atoms with E-state index in [9.17, 15) is 14.4 Å². The lowest BCUT2D eigenvalue weighted by Gasteiger charge is -2.18. The molecule has 1 unspecified atom stereocenters. The summed E-state index contributed by atoms with van der Waals surface area (Å²) in [4.78, 5) is 35.8. The lowest BCUT2D eigenvalue weighted by molar-refractivity contribution is -0.148. The second-order valence-corrected chi connectivity index (χ2v) is 6.70. The Labute approximate surface area is 163 Å². The Balaban J connectivity index is 1.52. The molecule has 28 heavy (non-hydrogen) atoms. The number of anilines is 1. The van der Waals surface area contributed by atoms with E-state index in [1.54, 1.807) is 37.3 Å². The summed E-state index contributed by atoms with van der Waals surface area (Å²) in [6, 6.07) is 12.5. The smallest absolute Gasteiger partial charge is 0.344 e.